The molecule has 1 unspecified atom stereocenters. The Morgan fingerprint density at radius 3 is 2.83 bits per heavy atom. The fourth-order valence-electron chi connectivity index (χ4n) is 3.75. The number of benzene rings is 1. The average molecular weight is 357 g/mol. The standard InChI is InChI=1S/C16H18Cl2N2O3/c17-12-1-2-13(23-8-21)15(16(12)18)10-5-11-3-9(6-19)4-14(22)20(11)7-10/h1-2,8-11H,3-7,19H2/t9?,10-,11+/m0/s1. The van der Waals surface area contributed by atoms with Crippen molar-refractivity contribution in [1.29, 1.82) is 0 Å². The first-order valence-electron chi connectivity index (χ1n) is 7.62. The molecule has 0 spiro atoms. The molecule has 2 N–H and O–H groups in total. The molecule has 0 saturated carbocycles. The molecule has 2 saturated heterocycles. The summed E-state index contributed by atoms with van der Waals surface area (Å²) >= 11 is 12.5. The smallest absolute Gasteiger partial charge is 0.298 e. The number of hydrogen-bond donors (Lipinski definition) is 1. The monoisotopic (exact) mass is 356 g/mol. The Kier molecular flexibility index (Phi) is 4.80. The Morgan fingerprint density at radius 1 is 1.35 bits per heavy atom. The van der Waals surface area contributed by atoms with E-state index in [0.717, 1.165) is 12.8 Å². The van der Waals surface area contributed by atoms with Crippen LogP contribution in [0.5, 0.6) is 5.75 Å². The van der Waals surface area contributed by atoms with Gasteiger partial charge in [-0.1, -0.05) is 23.2 Å². The maximum Gasteiger partial charge on any atom is 0.298 e. The van der Waals surface area contributed by atoms with Gasteiger partial charge in [-0.25, -0.2) is 0 Å². The summed E-state index contributed by atoms with van der Waals surface area (Å²) in [5, 5.41) is 0.801. The van der Waals surface area contributed by atoms with Gasteiger partial charge in [0.05, 0.1) is 10.0 Å². The third-order valence-electron chi connectivity index (χ3n) is 4.81. The van der Waals surface area contributed by atoms with Gasteiger partial charge in [0, 0.05) is 30.5 Å². The van der Waals surface area contributed by atoms with Crippen molar-refractivity contribution in [3.63, 3.8) is 0 Å². The predicted octanol–water partition coefficient (Wildman–Crippen LogP) is 2.58. The first-order valence-corrected chi connectivity index (χ1v) is 8.38. The van der Waals surface area contributed by atoms with Crippen LogP contribution in [0.15, 0.2) is 12.1 Å². The van der Waals surface area contributed by atoms with Crippen molar-refractivity contribution in [2.75, 3.05) is 13.1 Å². The van der Waals surface area contributed by atoms with Gasteiger partial charge in [0.15, 0.2) is 0 Å². The summed E-state index contributed by atoms with van der Waals surface area (Å²) in [4.78, 5) is 25.0. The molecule has 1 aromatic rings. The van der Waals surface area contributed by atoms with Crippen molar-refractivity contribution in [2.24, 2.45) is 11.7 Å². The molecule has 3 atom stereocenters. The van der Waals surface area contributed by atoms with E-state index < -0.39 is 0 Å². The summed E-state index contributed by atoms with van der Waals surface area (Å²) in [5.41, 5.74) is 6.44. The minimum absolute atomic E-state index is 0.00150. The Morgan fingerprint density at radius 2 is 2.13 bits per heavy atom. The number of rotatable bonds is 4. The number of fused-ring (bicyclic) bond motifs is 1. The summed E-state index contributed by atoms with van der Waals surface area (Å²) in [7, 11) is 0. The van der Waals surface area contributed by atoms with Gasteiger partial charge in [-0.2, -0.15) is 0 Å². The number of amides is 1. The Balaban J connectivity index is 1.91. The summed E-state index contributed by atoms with van der Waals surface area (Å²) in [6.07, 6.45) is 2.18. The quantitative estimate of drug-likeness (QED) is 0.841. The molecule has 23 heavy (non-hydrogen) atoms. The van der Waals surface area contributed by atoms with E-state index >= 15 is 0 Å². The predicted molar refractivity (Wildman–Crippen MR) is 87.8 cm³/mol. The highest BCUT2D eigenvalue weighted by molar-refractivity contribution is 6.42. The van der Waals surface area contributed by atoms with Gasteiger partial charge in [0.2, 0.25) is 5.91 Å². The van der Waals surface area contributed by atoms with Gasteiger partial charge in [-0.15, -0.1) is 0 Å². The molecule has 2 heterocycles. The van der Waals surface area contributed by atoms with Crippen molar-refractivity contribution in [2.45, 2.75) is 31.2 Å². The van der Waals surface area contributed by atoms with Crippen LogP contribution in [0.1, 0.15) is 30.7 Å². The van der Waals surface area contributed by atoms with Gasteiger partial charge < -0.3 is 15.4 Å². The molecule has 2 aliphatic rings. The van der Waals surface area contributed by atoms with Crippen LogP contribution in [-0.2, 0) is 9.59 Å². The molecule has 0 aromatic heterocycles. The fraction of sp³-hybridized carbons (Fsp3) is 0.500. The van der Waals surface area contributed by atoms with Crippen LogP contribution in [0.3, 0.4) is 0 Å². The van der Waals surface area contributed by atoms with E-state index in [4.69, 9.17) is 33.7 Å². The Hall–Kier alpha value is -1.30. The number of piperidine rings is 1. The van der Waals surface area contributed by atoms with E-state index in [-0.39, 0.29) is 23.8 Å². The number of halogens is 2. The van der Waals surface area contributed by atoms with Crippen LogP contribution in [0.4, 0.5) is 0 Å². The SMILES string of the molecule is NCC1CC(=O)N2C[C@@H](c3c(OC=O)ccc(Cl)c3Cl)C[C@H]2C1. The van der Waals surface area contributed by atoms with Gasteiger partial charge in [0.25, 0.3) is 6.47 Å². The van der Waals surface area contributed by atoms with Crippen molar-refractivity contribution in [3.8, 4) is 5.75 Å². The van der Waals surface area contributed by atoms with E-state index in [9.17, 15) is 9.59 Å². The lowest BCUT2D eigenvalue weighted by atomic mass is 9.88. The van der Waals surface area contributed by atoms with Crippen molar-refractivity contribution in [1.82, 2.24) is 4.90 Å². The molecular formula is C16H18Cl2N2O3. The first-order chi connectivity index (χ1) is 11.0. The van der Waals surface area contributed by atoms with Crippen LogP contribution in [0.25, 0.3) is 0 Å². The molecule has 0 bridgehead atoms. The lowest BCUT2D eigenvalue weighted by Crippen LogP contribution is -2.44. The molecule has 2 aliphatic heterocycles. The van der Waals surface area contributed by atoms with Crippen LogP contribution < -0.4 is 10.5 Å². The Labute approximate surface area is 144 Å². The summed E-state index contributed by atoms with van der Waals surface area (Å²) in [5.74, 6) is 0.780. The number of carbonyl (C=O) groups is 2. The molecule has 124 valence electrons. The minimum Gasteiger partial charge on any atom is -0.428 e. The molecule has 1 aromatic carbocycles. The van der Waals surface area contributed by atoms with Gasteiger partial charge >= 0.3 is 0 Å². The van der Waals surface area contributed by atoms with Crippen molar-refractivity contribution < 1.29 is 14.3 Å². The number of nitrogens with two attached hydrogens (primary N) is 1. The third kappa shape index (κ3) is 3.05. The lowest BCUT2D eigenvalue weighted by Gasteiger charge is -2.33. The van der Waals surface area contributed by atoms with E-state index in [1.165, 1.54) is 0 Å². The van der Waals surface area contributed by atoms with Crippen LogP contribution in [0, 0.1) is 5.92 Å². The zero-order chi connectivity index (χ0) is 16.6. The second kappa shape index (κ2) is 6.67. The highest BCUT2D eigenvalue weighted by Gasteiger charge is 2.42. The topological polar surface area (TPSA) is 72.6 Å². The fourth-order valence-corrected chi connectivity index (χ4v) is 4.23. The molecule has 1 amide bonds. The Bertz CT molecular complexity index is 638. The van der Waals surface area contributed by atoms with Crippen molar-refractivity contribution >= 4 is 35.6 Å². The molecule has 0 aliphatic carbocycles. The van der Waals surface area contributed by atoms with E-state index in [0.29, 0.717) is 47.3 Å². The highest BCUT2D eigenvalue weighted by atomic mass is 35.5. The zero-order valence-electron chi connectivity index (χ0n) is 12.5. The summed E-state index contributed by atoms with van der Waals surface area (Å²) in [6, 6.07) is 3.40. The number of carbonyl (C=O) groups excluding carboxylic acids is 2. The largest absolute Gasteiger partial charge is 0.428 e. The van der Waals surface area contributed by atoms with Gasteiger partial charge in [-0.05, 0) is 37.4 Å². The molecule has 3 rings (SSSR count). The summed E-state index contributed by atoms with van der Waals surface area (Å²) < 4.78 is 5.06. The molecule has 2 fully saturated rings. The number of ether oxygens (including phenoxy) is 1. The number of nitrogens with zero attached hydrogens (tertiary/aromatic N) is 1. The molecule has 0 radical (unpaired) electrons. The van der Waals surface area contributed by atoms with Crippen LogP contribution in [0.2, 0.25) is 10.0 Å². The van der Waals surface area contributed by atoms with Crippen molar-refractivity contribution in [3.05, 3.63) is 27.7 Å². The lowest BCUT2D eigenvalue weighted by molar-refractivity contribution is -0.136. The van der Waals surface area contributed by atoms with Gasteiger partial charge in [0.1, 0.15) is 5.75 Å². The van der Waals surface area contributed by atoms with Crippen LogP contribution >= 0.6 is 23.2 Å². The molecule has 7 heteroatoms. The average Bonchev–Trinajstić information content (AvgIpc) is 2.95. The second-order valence-corrected chi connectivity index (χ2v) is 6.95. The minimum atomic E-state index is 0.00150. The molecule has 5 nitrogen and oxygen atoms in total. The number of hydrogen-bond acceptors (Lipinski definition) is 4. The zero-order valence-corrected chi connectivity index (χ0v) is 14.0. The third-order valence-corrected chi connectivity index (χ3v) is 5.63. The van der Waals surface area contributed by atoms with E-state index in [2.05, 4.69) is 0 Å². The summed E-state index contributed by atoms with van der Waals surface area (Å²) in [6.45, 7) is 1.47. The maximum absolute atomic E-state index is 12.3. The first kappa shape index (κ1) is 16.6. The van der Waals surface area contributed by atoms with Crippen LogP contribution in [-0.4, -0.2) is 36.4 Å². The normalized spacial score (nSPS) is 27.0. The molecular weight excluding hydrogens is 339 g/mol. The van der Waals surface area contributed by atoms with E-state index in [1.807, 2.05) is 4.90 Å². The highest BCUT2D eigenvalue weighted by Crippen LogP contribution is 2.45. The second-order valence-electron chi connectivity index (χ2n) is 6.16. The van der Waals surface area contributed by atoms with Gasteiger partial charge in [-0.3, -0.25) is 9.59 Å². The van der Waals surface area contributed by atoms with E-state index in [1.54, 1.807) is 12.1 Å². The maximum atomic E-state index is 12.3.